The molecule has 1 unspecified atom stereocenters. The SMILES string of the molecule is CC[C@@H](C)/C(=N\NC=O)C1C=C(Cl)C(N2CCOCC2)=C(F)C1. The first-order chi connectivity index (χ1) is 11.1. The third-order valence-corrected chi connectivity index (χ3v) is 4.61. The fourth-order valence-corrected chi connectivity index (χ4v) is 3.28. The summed E-state index contributed by atoms with van der Waals surface area (Å²) in [6.45, 7) is 6.46. The lowest BCUT2D eigenvalue weighted by Gasteiger charge is -2.34. The van der Waals surface area contributed by atoms with E-state index >= 15 is 0 Å². The Morgan fingerprint density at radius 1 is 1.61 bits per heavy atom. The highest BCUT2D eigenvalue weighted by atomic mass is 35.5. The molecule has 0 aromatic carbocycles. The molecule has 5 nitrogen and oxygen atoms in total. The van der Waals surface area contributed by atoms with E-state index in [0.717, 1.165) is 12.1 Å². The highest BCUT2D eigenvalue weighted by molar-refractivity contribution is 6.32. The van der Waals surface area contributed by atoms with Crippen LogP contribution in [0.3, 0.4) is 0 Å². The Morgan fingerprint density at radius 3 is 2.87 bits per heavy atom. The van der Waals surface area contributed by atoms with Crippen molar-refractivity contribution < 1.29 is 13.9 Å². The van der Waals surface area contributed by atoms with Crippen LogP contribution >= 0.6 is 11.6 Å². The second kappa shape index (κ2) is 8.45. The van der Waals surface area contributed by atoms with Gasteiger partial charge in [0.05, 0.1) is 23.9 Å². The van der Waals surface area contributed by atoms with Gasteiger partial charge in [-0.15, -0.1) is 0 Å². The van der Waals surface area contributed by atoms with Gasteiger partial charge in [-0.05, 0) is 12.3 Å². The largest absolute Gasteiger partial charge is 0.378 e. The summed E-state index contributed by atoms with van der Waals surface area (Å²) in [5.74, 6) is -0.341. The molecule has 1 aliphatic carbocycles. The summed E-state index contributed by atoms with van der Waals surface area (Å²) in [4.78, 5) is 12.5. The number of allylic oxidation sites excluding steroid dienone is 3. The minimum atomic E-state index is -0.241. The summed E-state index contributed by atoms with van der Waals surface area (Å²) < 4.78 is 20.0. The summed E-state index contributed by atoms with van der Waals surface area (Å²) >= 11 is 6.37. The first-order valence-corrected chi connectivity index (χ1v) is 8.31. The van der Waals surface area contributed by atoms with E-state index in [9.17, 15) is 9.18 Å². The number of halogens is 2. The molecular formula is C16H23ClFN3O2. The van der Waals surface area contributed by atoms with Crippen molar-refractivity contribution in [1.82, 2.24) is 10.3 Å². The molecule has 0 aromatic heterocycles. The zero-order valence-electron chi connectivity index (χ0n) is 13.5. The summed E-state index contributed by atoms with van der Waals surface area (Å²) in [5.41, 5.74) is 3.55. The van der Waals surface area contributed by atoms with Gasteiger partial charge < -0.3 is 9.64 Å². The number of hydrogen-bond acceptors (Lipinski definition) is 4. The van der Waals surface area contributed by atoms with Gasteiger partial charge in [-0.2, -0.15) is 5.10 Å². The monoisotopic (exact) mass is 343 g/mol. The molecule has 0 spiro atoms. The van der Waals surface area contributed by atoms with Crippen molar-refractivity contribution in [1.29, 1.82) is 0 Å². The van der Waals surface area contributed by atoms with E-state index < -0.39 is 0 Å². The molecular weight excluding hydrogens is 321 g/mol. The van der Waals surface area contributed by atoms with Crippen LogP contribution in [-0.2, 0) is 9.53 Å². The number of rotatable bonds is 6. The molecule has 1 amide bonds. The zero-order chi connectivity index (χ0) is 16.8. The van der Waals surface area contributed by atoms with Crippen molar-refractivity contribution in [3.8, 4) is 0 Å². The minimum absolute atomic E-state index is 0.130. The third-order valence-electron chi connectivity index (χ3n) is 4.30. The van der Waals surface area contributed by atoms with Crippen LogP contribution in [0.2, 0.25) is 0 Å². The van der Waals surface area contributed by atoms with Crippen molar-refractivity contribution >= 4 is 23.7 Å². The van der Waals surface area contributed by atoms with Crippen molar-refractivity contribution in [2.75, 3.05) is 26.3 Å². The highest BCUT2D eigenvalue weighted by Crippen LogP contribution is 2.36. The lowest BCUT2D eigenvalue weighted by atomic mass is 9.85. The average Bonchev–Trinajstić information content (AvgIpc) is 2.55. The Bertz CT molecular complexity index is 527. The maximum absolute atomic E-state index is 14.7. The van der Waals surface area contributed by atoms with Gasteiger partial charge in [0.15, 0.2) is 0 Å². The molecule has 1 fully saturated rings. The molecule has 2 aliphatic rings. The summed E-state index contributed by atoms with van der Waals surface area (Å²) in [7, 11) is 0. The number of morpholine rings is 1. The fourth-order valence-electron chi connectivity index (χ4n) is 2.90. The second-order valence-electron chi connectivity index (χ2n) is 5.77. The molecule has 0 saturated carbocycles. The lowest BCUT2D eigenvalue weighted by Crippen LogP contribution is -2.37. The quantitative estimate of drug-likeness (QED) is 0.458. The first-order valence-electron chi connectivity index (χ1n) is 7.94. The first kappa shape index (κ1) is 17.9. The van der Waals surface area contributed by atoms with Crippen LogP contribution in [-0.4, -0.2) is 43.3 Å². The number of amides is 1. The molecule has 7 heteroatoms. The number of ether oxygens (including phenoxy) is 1. The maximum atomic E-state index is 14.7. The van der Waals surface area contributed by atoms with Gasteiger partial charge in [0.1, 0.15) is 5.83 Å². The van der Waals surface area contributed by atoms with Gasteiger partial charge in [-0.3, -0.25) is 4.79 Å². The van der Waals surface area contributed by atoms with Gasteiger partial charge in [-0.25, -0.2) is 9.82 Å². The lowest BCUT2D eigenvalue weighted by molar-refractivity contribution is -0.109. The second-order valence-corrected chi connectivity index (χ2v) is 6.18. The van der Waals surface area contributed by atoms with Crippen LogP contribution in [0.25, 0.3) is 0 Å². The van der Waals surface area contributed by atoms with Crippen LogP contribution < -0.4 is 5.43 Å². The molecule has 2 rings (SSSR count). The molecule has 1 saturated heterocycles. The van der Waals surface area contributed by atoms with E-state index in [-0.39, 0.29) is 24.1 Å². The Morgan fingerprint density at radius 2 is 2.30 bits per heavy atom. The van der Waals surface area contributed by atoms with Crippen LogP contribution in [0.4, 0.5) is 4.39 Å². The van der Waals surface area contributed by atoms with Crippen molar-refractivity contribution in [3.63, 3.8) is 0 Å². The molecule has 2 atom stereocenters. The topological polar surface area (TPSA) is 53.9 Å². The summed E-state index contributed by atoms with van der Waals surface area (Å²) in [5, 5.41) is 4.52. The molecule has 128 valence electrons. The molecule has 1 heterocycles. The van der Waals surface area contributed by atoms with Gasteiger partial charge in [0.2, 0.25) is 6.41 Å². The number of carbonyl (C=O) groups excluding carboxylic acids is 1. The maximum Gasteiger partial charge on any atom is 0.227 e. The predicted octanol–water partition coefficient (Wildman–Crippen LogP) is 2.79. The van der Waals surface area contributed by atoms with Gasteiger partial charge in [0, 0.05) is 31.1 Å². The van der Waals surface area contributed by atoms with Crippen LogP contribution in [0.5, 0.6) is 0 Å². The Balaban J connectivity index is 2.22. The van der Waals surface area contributed by atoms with Gasteiger partial charge in [0.25, 0.3) is 0 Å². The van der Waals surface area contributed by atoms with E-state index in [4.69, 9.17) is 16.3 Å². The van der Waals surface area contributed by atoms with Crippen LogP contribution in [0.15, 0.2) is 27.7 Å². The predicted molar refractivity (Wildman–Crippen MR) is 88.7 cm³/mol. The number of nitrogens with one attached hydrogen (secondary N) is 1. The Hall–Kier alpha value is -1.40. The van der Waals surface area contributed by atoms with E-state index in [1.165, 1.54) is 0 Å². The molecule has 1 N–H and O–H groups in total. The molecule has 23 heavy (non-hydrogen) atoms. The van der Waals surface area contributed by atoms with Crippen molar-refractivity contribution in [2.24, 2.45) is 16.9 Å². The van der Waals surface area contributed by atoms with Crippen LogP contribution in [0, 0.1) is 11.8 Å². The third kappa shape index (κ3) is 4.32. The molecule has 0 radical (unpaired) electrons. The minimum Gasteiger partial charge on any atom is -0.378 e. The van der Waals surface area contributed by atoms with Crippen molar-refractivity contribution in [2.45, 2.75) is 26.7 Å². The number of hydrazone groups is 1. The standard InChI is InChI=1S/C16H23ClFN3O2/c1-3-11(2)15(20-19-10-22)12-8-13(17)16(14(18)9-12)21-4-6-23-7-5-21/h8,10-12H,3-7,9H2,1-2H3,(H,19,22)/b20-15+/t11-,12?/m1/s1. The fraction of sp³-hybridized carbons (Fsp3) is 0.625. The Labute approximate surface area is 141 Å². The zero-order valence-corrected chi connectivity index (χ0v) is 14.3. The smallest absolute Gasteiger partial charge is 0.227 e. The van der Waals surface area contributed by atoms with E-state index in [1.54, 1.807) is 0 Å². The van der Waals surface area contributed by atoms with E-state index in [0.29, 0.717) is 43.4 Å². The van der Waals surface area contributed by atoms with Gasteiger partial charge in [-0.1, -0.05) is 31.5 Å². The van der Waals surface area contributed by atoms with Crippen molar-refractivity contribution in [3.05, 3.63) is 22.6 Å². The van der Waals surface area contributed by atoms with Gasteiger partial charge >= 0.3 is 0 Å². The van der Waals surface area contributed by atoms with E-state index in [1.807, 2.05) is 24.8 Å². The highest BCUT2D eigenvalue weighted by Gasteiger charge is 2.30. The van der Waals surface area contributed by atoms with E-state index in [2.05, 4.69) is 10.5 Å². The summed E-state index contributed by atoms with van der Waals surface area (Å²) in [6.07, 6.45) is 3.42. The normalized spacial score (nSPS) is 24.3. The number of carbonyl (C=O) groups is 1. The molecule has 0 aromatic rings. The van der Waals surface area contributed by atoms with Crippen LogP contribution in [0.1, 0.15) is 26.7 Å². The summed E-state index contributed by atoms with van der Waals surface area (Å²) in [6, 6.07) is 0. The average molecular weight is 344 g/mol. The number of hydrogen-bond donors (Lipinski definition) is 1. The molecule has 0 bridgehead atoms. The molecule has 1 aliphatic heterocycles. The Kier molecular flexibility index (Phi) is 6.59. The number of nitrogens with zero attached hydrogens (tertiary/aromatic N) is 2.